The van der Waals surface area contributed by atoms with Gasteiger partial charge in [0.1, 0.15) is 5.75 Å². The molecule has 0 aliphatic carbocycles. The van der Waals surface area contributed by atoms with Crippen LogP contribution in [0.2, 0.25) is 0 Å². The second kappa shape index (κ2) is 8.12. The fourth-order valence-corrected chi connectivity index (χ4v) is 4.64. The fourth-order valence-electron chi connectivity index (χ4n) is 2.69. The van der Waals surface area contributed by atoms with Crippen LogP contribution in [0.25, 0.3) is 10.2 Å². The molecular formula is C20H20N2O4S2. The summed E-state index contributed by atoms with van der Waals surface area (Å²) >= 11 is 1.38. The van der Waals surface area contributed by atoms with Crippen LogP contribution in [0.4, 0.5) is 0 Å². The third-order valence-electron chi connectivity index (χ3n) is 4.24. The van der Waals surface area contributed by atoms with Gasteiger partial charge in [0, 0.05) is 12.1 Å². The van der Waals surface area contributed by atoms with E-state index in [1.807, 2.05) is 22.8 Å². The quantitative estimate of drug-likeness (QED) is 0.577. The van der Waals surface area contributed by atoms with Crippen LogP contribution < -0.4 is 9.54 Å². The van der Waals surface area contributed by atoms with Gasteiger partial charge in [0.15, 0.2) is 14.6 Å². The number of benzene rings is 2. The SMILES string of the molecule is C=CCn1c(=NC(=O)c2ccc(S(=O)(=O)CC)cc2)sc2cc(OC)ccc21. The Bertz CT molecular complexity index is 1200. The Morgan fingerprint density at radius 3 is 2.57 bits per heavy atom. The summed E-state index contributed by atoms with van der Waals surface area (Å²) in [4.78, 5) is 17.6. The van der Waals surface area contributed by atoms with Crippen molar-refractivity contribution in [1.82, 2.24) is 4.57 Å². The number of carbonyl (C=O) groups excluding carboxylic acids is 1. The first kappa shape index (κ1) is 20.0. The molecule has 146 valence electrons. The van der Waals surface area contributed by atoms with Gasteiger partial charge in [-0.25, -0.2) is 8.42 Å². The van der Waals surface area contributed by atoms with E-state index < -0.39 is 15.7 Å². The molecule has 0 spiro atoms. The molecule has 8 heteroatoms. The third kappa shape index (κ3) is 3.93. The molecule has 3 rings (SSSR count). The highest BCUT2D eigenvalue weighted by Crippen LogP contribution is 2.23. The molecule has 1 amide bonds. The minimum atomic E-state index is -3.30. The van der Waals surface area contributed by atoms with Crippen molar-refractivity contribution in [1.29, 1.82) is 0 Å². The third-order valence-corrected chi connectivity index (χ3v) is 7.03. The number of nitrogens with zero attached hydrogens (tertiary/aromatic N) is 2. The lowest BCUT2D eigenvalue weighted by atomic mass is 10.2. The van der Waals surface area contributed by atoms with Crippen LogP contribution in [0.1, 0.15) is 17.3 Å². The van der Waals surface area contributed by atoms with Gasteiger partial charge in [-0.3, -0.25) is 4.79 Å². The molecule has 28 heavy (non-hydrogen) atoms. The Balaban J connectivity index is 2.04. The number of sulfone groups is 1. The minimum absolute atomic E-state index is 0.0114. The zero-order valence-electron chi connectivity index (χ0n) is 15.6. The van der Waals surface area contributed by atoms with Gasteiger partial charge in [-0.15, -0.1) is 6.58 Å². The van der Waals surface area contributed by atoms with Gasteiger partial charge in [-0.2, -0.15) is 4.99 Å². The molecule has 0 aliphatic rings. The number of aromatic nitrogens is 1. The minimum Gasteiger partial charge on any atom is -0.497 e. The van der Waals surface area contributed by atoms with Crippen LogP contribution in [0, 0.1) is 0 Å². The number of carbonyl (C=O) groups is 1. The number of rotatable bonds is 6. The van der Waals surface area contributed by atoms with Gasteiger partial charge >= 0.3 is 0 Å². The highest BCUT2D eigenvalue weighted by atomic mass is 32.2. The summed E-state index contributed by atoms with van der Waals surface area (Å²) < 4.78 is 31.9. The van der Waals surface area contributed by atoms with Crippen LogP contribution in [0.5, 0.6) is 5.75 Å². The highest BCUT2D eigenvalue weighted by Gasteiger charge is 2.13. The number of thiazole rings is 1. The number of amides is 1. The van der Waals surface area contributed by atoms with Crippen LogP contribution >= 0.6 is 11.3 Å². The number of ether oxygens (including phenoxy) is 1. The van der Waals surface area contributed by atoms with Crippen LogP contribution in [0.3, 0.4) is 0 Å². The largest absolute Gasteiger partial charge is 0.497 e. The van der Waals surface area contributed by atoms with Gasteiger partial charge in [-0.05, 0) is 42.5 Å². The summed E-state index contributed by atoms with van der Waals surface area (Å²) in [7, 11) is -1.70. The standard InChI is InChI=1S/C20H20N2O4S2/c1-4-12-22-17-11-8-15(26-3)13-18(17)27-20(22)21-19(23)14-6-9-16(10-7-14)28(24,25)5-2/h4,6-11,13H,1,5,12H2,2-3H3. The first-order valence-electron chi connectivity index (χ1n) is 8.59. The molecule has 2 aromatic carbocycles. The van der Waals surface area contributed by atoms with E-state index in [9.17, 15) is 13.2 Å². The van der Waals surface area contributed by atoms with Crippen molar-refractivity contribution < 1.29 is 17.9 Å². The topological polar surface area (TPSA) is 77.7 Å². The molecule has 0 atom stereocenters. The van der Waals surface area contributed by atoms with Crippen molar-refractivity contribution in [3.8, 4) is 5.75 Å². The predicted octanol–water partition coefficient (Wildman–Crippen LogP) is 3.43. The summed E-state index contributed by atoms with van der Waals surface area (Å²) in [5.74, 6) is 0.305. The lowest BCUT2D eigenvalue weighted by Crippen LogP contribution is -2.16. The van der Waals surface area contributed by atoms with Crippen LogP contribution in [-0.4, -0.2) is 31.8 Å². The van der Waals surface area contributed by atoms with Crippen molar-refractivity contribution >= 4 is 37.3 Å². The lowest BCUT2D eigenvalue weighted by molar-refractivity contribution is 0.0998. The molecule has 3 aromatic rings. The predicted molar refractivity (Wildman–Crippen MR) is 111 cm³/mol. The van der Waals surface area contributed by atoms with Gasteiger partial charge in [0.25, 0.3) is 5.91 Å². The van der Waals surface area contributed by atoms with E-state index in [1.54, 1.807) is 20.1 Å². The molecular weight excluding hydrogens is 396 g/mol. The Labute approximate surface area is 167 Å². The van der Waals surface area contributed by atoms with E-state index >= 15 is 0 Å². The van der Waals surface area contributed by atoms with Crippen molar-refractivity contribution in [2.45, 2.75) is 18.4 Å². The van der Waals surface area contributed by atoms with E-state index in [1.165, 1.54) is 35.6 Å². The number of fused-ring (bicyclic) bond motifs is 1. The van der Waals surface area contributed by atoms with E-state index in [0.29, 0.717) is 16.9 Å². The van der Waals surface area contributed by atoms with E-state index in [2.05, 4.69) is 11.6 Å². The molecule has 0 radical (unpaired) electrons. The smallest absolute Gasteiger partial charge is 0.279 e. The number of allylic oxidation sites excluding steroid dienone is 1. The molecule has 0 unspecified atom stereocenters. The molecule has 0 saturated carbocycles. The second-order valence-corrected chi connectivity index (χ2v) is 9.25. The van der Waals surface area contributed by atoms with Crippen molar-refractivity contribution in [2.75, 3.05) is 12.9 Å². The van der Waals surface area contributed by atoms with Gasteiger partial charge in [-0.1, -0.05) is 24.3 Å². The summed E-state index contributed by atoms with van der Waals surface area (Å²) in [6, 6.07) is 11.5. The van der Waals surface area contributed by atoms with E-state index in [4.69, 9.17) is 4.74 Å². The summed E-state index contributed by atoms with van der Waals surface area (Å²) in [5, 5.41) is 0. The fraction of sp³-hybridized carbons (Fsp3) is 0.200. The van der Waals surface area contributed by atoms with E-state index in [-0.39, 0.29) is 10.6 Å². The zero-order valence-corrected chi connectivity index (χ0v) is 17.2. The highest BCUT2D eigenvalue weighted by molar-refractivity contribution is 7.91. The molecule has 0 bridgehead atoms. The van der Waals surface area contributed by atoms with E-state index in [0.717, 1.165) is 16.0 Å². The maximum atomic E-state index is 12.6. The monoisotopic (exact) mass is 416 g/mol. The Kier molecular flexibility index (Phi) is 5.81. The van der Waals surface area contributed by atoms with Crippen LogP contribution in [-0.2, 0) is 16.4 Å². The maximum Gasteiger partial charge on any atom is 0.279 e. The first-order valence-corrected chi connectivity index (χ1v) is 11.1. The van der Waals surface area contributed by atoms with Gasteiger partial charge in [0.05, 0.1) is 28.0 Å². The van der Waals surface area contributed by atoms with Gasteiger partial charge < -0.3 is 9.30 Å². The molecule has 0 aliphatic heterocycles. The Morgan fingerprint density at radius 2 is 1.96 bits per heavy atom. The lowest BCUT2D eigenvalue weighted by Gasteiger charge is -2.03. The normalized spacial score (nSPS) is 12.3. The molecule has 1 aromatic heterocycles. The second-order valence-electron chi connectivity index (χ2n) is 5.96. The average Bonchev–Trinajstić information content (AvgIpc) is 3.04. The average molecular weight is 417 g/mol. The summed E-state index contributed by atoms with van der Waals surface area (Å²) in [6.45, 7) is 5.86. The number of hydrogen-bond acceptors (Lipinski definition) is 5. The first-order chi connectivity index (χ1) is 13.4. The molecule has 0 fully saturated rings. The number of hydrogen-bond donors (Lipinski definition) is 0. The number of methoxy groups -OCH3 is 1. The molecule has 6 nitrogen and oxygen atoms in total. The van der Waals surface area contributed by atoms with Crippen molar-refractivity contribution in [3.05, 3.63) is 65.5 Å². The van der Waals surface area contributed by atoms with Gasteiger partial charge in [0.2, 0.25) is 0 Å². The Morgan fingerprint density at radius 1 is 1.25 bits per heavy atom. The molecule has 1 heterocycles. The maximum absolute atomic E-state index is 12.6. The Hall–Kier alpha value is -2.71. The molecule has 0 N–H and O–H groups in total. The van der Waals surface area contributed by atoms with Crippen molar-refractivity contribution in [2.24, 2.45) is 4.99 Å². The van der Waals surface area contributed by atoms with Crippen LogP contribution in [0.15, 0.2) is 65.0 Å². The zero-order chi connectivity index (χ0) is 20.3. The molecule has 0 saturated heterocycles. The summed E-state index contributed by atoms with van der Waals surface area (Å²) in [5.41, 5.74) is 1.26. The van der Waals surface area contributed by atoms with Crippen molar-refractivity contribution in [3.63, 3.8) is 0 Å². The summed E-state index contributed by atoms with van der Waals surface area (Å²) in [6.07, 6.45) is 1.74.